The number of carboxylic acid groups (broad SMARTS) is 2. The van der Waals surface area contributed by atoms with Crippen LogP contribution in [0.1, 0.15) is 22.3 Å². The van der Waals surface area contributed by atoms with Gasteiger partial charge in [0.05, 0.1) is 11.9 Å². The molecule has 0 saturated heterocycles. The quantitative estimate of drug-likeness (QED) is 0.223. The normalized spacial score (nSPS) is 10.9. The van der Waals surface area contributed by atoms with Crippen LogP contribution in [0.5, 0.6) is 0 Å². The Balaban J connectivity index is 0.000000240. The third kappa shape index (κ3) is 8.65. The topological polar surface area (TPSA) is 80.3 Å². The van der Waals surface area contributed by atoms with Crippen LogP contribution in [-0.4, -0.2) is 11.9 Å². The molecule has 5 heteroatoms. The molecule has 35 heavy (non-hydrogen) atoms. The minimum Gasteiger partial charge on any atom is -0.545 e. The molecule has 0 bridgehead atoms. The van der Waals surface area contributed by atoms with E-state index < -0.39 is 11.9 Å². The summed E-state index contributed by atoms with van der Waals surface area (Å²) in [6, 6.07) is 36.6. The Morgan fingerprint density at radius 3 is 0.971 bits per heavy atom. The monoisotopic (exact) mass is 510 g/mol. The summed E-state index contributed by atoms with van der Waals surface area (Å²) in [5, 5.41) is 22.2. The van der Waals surface area contributed by atoms with E-state index in [-0.39, 0.29) is 30.6 Å². The van der Waals surface area contributed by atoms with Crippen molar-refractivity contribution in [1.29, 1.82) is 0 Å². The van der Waals surface area contributed by atoms with Crippen LogP contribution in [0.4, 0.5) is 0 Å². The summed E-state index contributed by atoms with van der Waals surface area (Å²) in [5.74, 6) is -2.33. The molecule has 0 aliphatic heterocycles. The van der Waals surface area contributed by atoms with Gasteiger partial charge in [-0.25, -0.2) is 0 Å². The average Bonchev–Trinajstić information content (AvgIpc) is 2.88. The number of aliphatic carboxylic acids is 2. The van der Waals surface area contributed by atoms with Crippen molar-refractivity contribution in [3.63, 3.8) is 0 Å². The molecule has 0 spiro atoms. The van der Waals surface area contributed by atoms with E-state index in [1.54, 1.807) is 60.7 Å². The molecular formula is C30H22O4Zn. The van der Waals surface area contributed by atoms with Crippen molar-refractivity contribution in [2.45, 2.75) is 0 Å². The third-order valence-electron chi connectivity index (χ3n) is 4.83. The molecule has 0 heterocycles. The Kier molecular flexibility index (Phi) is 11.1. The number of benzene rings is 4. The van der Waals surface area contributed by atoms with Gasteiger partial charge in [0, 0.05) is 11.1 Å². The van der Waals surface area contributed by atoms with Crippen molar-refractivity contribution in [1.82, 2.24) is 0 Å². The van der Waals surface area contributed by atoms with Crippen molar-refractivity contribution < 1.29 is 39.3 Å². The Bertz CT molecular complexity index is 1160. The predicted octanol–water partition coefficient (Wildman–Crippen LogP) is 3.95. The number of hydrogen-bond donors (Lipinski definition) is 0. The SMILES string of the molecule is O=C([O-])C(=Cc1ccccc1)c1ccccc1.O=C([O-])C(=Cc1ccccc1)c1ccccc1.[Zn+2]. The number of carbonyl (C=O) groups excluding carboxylic acids is 2. The van der Waals surface area contributed by atoms with Gasteiger partial charge in [-0.05, 0) is 34.4 Å². The first kappa shape index (κ1) is 27.2. The van der Waals surface area contributed by atoms with Crippen LogP contribution >= 0.6 is 0 Å². The molecule has 0 unspecified atom stereocenters. The van der Waals surface area contributed by atoms with E-state index in [1.807, 2.05) is 72.8 Å². The molecule has 4 rings (SSSR count). The molecule has 0 radical (unpaired) electrons. The van der Waals surface area contributed by atoms with E-state index in [1.165, 1.54) is 0 Å². The fourth-order valence-corrected chi connectivity index (χ4v) is 3.19. The number of carboxylic acids is 2. The first-order valence-electron chi connectivity index (χ1n) is 10.6. The zero-order valence-corrected chi connectivity index (χ0v) is 22.0. The van der Waals surface area contributed by atoms with Gasteiger partial charge in [-0.1, -0.05) is 121 Å². The molecule has 0 amide bonds. The summed E-state index contributed by atoms with van der Waals surface area (Å²) in [5.41, 5.74) is 3.37. The first-order valence-corrected chi connectivity index (χ1v) is 10.6. The molecule has 0 saturated carbocycles. The van der Waals surface area contributed by atoms with E-state index in [0.717, 1.165) is 11.1 Å². The fraction of sp³-hybridized carbons (Fsp3) is 0. The molecule has 168 valence electrons. The van der Waals surface area contributed by atoms with Crippen LogP contribution in [0.3, 0.4) is 0 Å². The van der Waals surface area contributed by atoms with Crippen molar-refractivity contribution in [3.8, 4) is 0 Å². The third-order valence-corrected chi connectivity index (χ3v) is 4.83. The number of hydrogen-bond acceptors (Lipinski definition) is 4. The molecule has 0 fully saturated rings. The Morgan fingerprint density at radius 1 is 0.457 bits per heavy atom. The molecule has 4 nitrogen and oxygen atoms in total. The van der Waals surface area contributed by atoms with Crippen molar-refractivity contribution in [3.05, 3.63) is 144 Å². The molecule has 4 aromatic carbocycles. The Hall–Kier alpha value is -4.08. The summed E-state index contributed by atoms with van der Waals surface area (Å²) < 4.78 is 0. The van der Waals surface area contributed by atoms with Crippen molar-refractivity contribution in [2.75, 3.05) is 0 Å². The van der Waals surface area contributed by atoms with Gasteiger partial charge in [0.1, 0.15) is 0 Å². The van der Waals surface area contributed by atoms with E-state index in [0.29, 0.717) is 11.1 Å². The number of rotatable bonds is 6. The van der Waals surface area contributed by atoms with Gasteiger partial charge in [-0.2, -0.15) is 0 Å². The van der Waals surface area contributed by atoms with E-state index >= 15 is 0 Å². The minimum atomic E-state index is -1.17. The smallest absolute Gasteiger partial charge is 0.545 e. The second-order valence-corrected chi connectivity index (χ2v) is 7.24. The summed E-state index contributed by atoms with van der Waals surface area (Å²) in [6.45, 7) is 0. The maximum Gasteiger partial charge on any atom is 2.00 e. The van der Waals surface area contributed by atoms with E-state index in [9.17, 15) is 19.8 Å². The van der Waals surface area contributed by atoms with Gasteiger partial charge in [-0.3, -0.25) is 0 Å². The standard InChI is InChI=1S/2C15H12O2.Zn/c2*16-15(17)14(13-9-5-2-6-10-13)11-12-7-3-1-4-8-12;/h2*1-11H,(H,16,17);/q;;+2/p-2. The van der Waals surface area contributed by atoms with Gasteiger partial charge in [0.2, 0.25) is 0 Å². The van der Waals surface area contributed by atoms with Crippen LogP contribution in [0.2, 0.25) is 0 Å². The van der Waals surface area contributed by atoms with Crippen LogP contribution in [0, 0.1) is 0 Å². The van der Waals surface area contributed by atoms with Crippen molar-refractivity contribution >= 4 is 35.2 Å². The second-order valence-electron chi connectivity index (χ2n) is 7.24. The zero-order valence-electron chi connectivity index (χ0n) is 19.0. The summed E-state index contributed by atoms with van der Waals surface area (Å²) in [6.07, 6.45) is 3.23. The van der Waals surface area contributed by atoms with Gasteiger partial charge < -0.3 is 19.8 Å². The molecular weight excluding hydrogens is 490 g/mol. The summed E-state index contributed by atoms with van der Waals surface area (Å²) >= 11 is 0. The van der Waals surface area contributed by atoms with Crippen LogP contribution in [0.25, 0.3) is 23.3 Å². The first-order chi connectivity index (χ1) is 16.5. The van der Waals surface area contributed by atoms with Crippen molar-refractivity contribution in [2.24, 2.45) is 0 Å². The summed E-state index contributed by atoms with van der Waals surface area (Å²) in [4.78, 5) is 22.2. The largest absolute Gasteiger partial charge is 2.00 e. The minimum absolute atomic E-state index is 0. The Morgan fingerprint density at radius 2 is 0.714 bits per heavy atom. The van der Waals surface area contributed by atoms with E-state index in [2.05, 4.69) is 0 Å². The molecule has 0 N–H and O–H groups in total. The number of carbonyl (C=O) groups is 2. The molecule has 0 aliphatic rings. The molecule has 0 aromatic heterocycles. The molecule has 4 aromatic rings. The Labute approximate surface area is 217 Å². The maximum atomic E-state index is 11.1. The maximum absolute atomic E-state index is 11.1. The fourth-order valence-electron chi connectivity index (χ4n) is 3.19. The van der Waals surface area contributed by atoms with Crippen LogP contribution in [0.15, 0.2) is 121 Å². The van der Waals surface area contributed by atoms with Gasteiger partial charge in [-0.15, -0.1) is 0 Å². The zero-order chi connectivity index (χ0) is 24.2. The van der Waals surface area contributed by atoms with Crippen LogP contribution in [-0.2, 0) is 29.1 Å². The van der Waals surface area contributed by atoms with Gasteiger partial charge >= 0.3 is 19.5 Å². The molecule has 0 aliphatic carbocycles. The second kappa shape index (κ2) is 14.2. The molecule has 0 atom stereocenters. The average molecular weight is 512 g/mol. The summed E-state index contributed by atoms with van der Waals surface area (Å²) in [7, 11) is 0. The predicted molar refractivity (Wildman–Crippen MR) is 132 cm³/mol. The van der Waals surface area contributed by atoms with Crippen LogP contribution < -0.4 is 10.2 Å². The van der Waals surface area contributed by atoms with E-state index in [4.69, 9.17) is 0 Å². The van der Waals surface area contributed by atoms with Gasteiger partial charge in [0.25, 0.3) is 0 Å². The van der Waals surface area contributed by atoms with Gasteiger partial charge in [0.15, 0.2) is 0 Å².